The SMILES string of the molecule is COc1ccc(C(=O)COC(=O)[C@H](C)N2C(=O)[C@H]3CCCC[C@H]3C2=O)cc1OC. The number of imide groups is 1. The number of methoxy groups -OCH3 is 2. The first-order valence-corrected chi connectivity index (χ1v) is 9.67. The monoisotopic (exact) mass is 403 g/mol. The Bertz CT molecular complexity index is 810. The molecule has 1 heterocycles. The van der Waals surface area contributed by atoms with E-state index >= 15 is 0 Å². The number of nitrogens with zero attached hydrogens (tertiary/aromatic N) is 1. The first-order valence-electron chi connectivity index (χ1n) is 9.67. The number of ether oxygens (including phenoxy) is 3. The number of likely N-dealkylation sites (tertiary alicyclic amines) is 1. The van der Waals surface area contributed by atoms with Crippen LogP contribution in [0.1, 0.15) is 43.0 Å². The second-order valence-electron chi connectivity index (χ2n) is 7.32. The number of hydrogen-bond acceptors (Lipinski definition) is 7. The van der Waals surface area contributed by atoms with Gasteiger partial charge in [0.25, 0.3) is 0 Å². The van der Waals surface area contributed by atoms with E-state index in [0.717, 1.165) is 17.7 Å². The van der Waals surface area contributed by atoms with Gasteiger partial charge in [0.05, 0.1) is 26.1 Å². The minimum absolute atomic E-state index is 0.294. The Morgan fingerprint density at radius 2 is 1.62 bits per heavy atom. The van der Waals surface area contributed by atoms with Gasteiger partial charge in [0.1, 0.15) is 6.04 Å². The topological polar surface area (TPSA) is 99.2 Å². The Hall–Kier alpha value is -2.90. The minimum atomic E-state index is -1.06. The van der Waals surface area contributed by atoms with E-state index in [9.17, 15) is 19.2 Å². The van der Waals surface area contributed by atoms with Gasteiger partial charge < -0.3 is 14.2 Å². The van der Waals surface area contributed by atoms with Crippen molar-refractivity contribution >= 4 is 23.6 Å². The molecule has 156 valence electrons. The van der Waals surface area contributed by atoms with Gasteiger partial charge in [-0.2, -0.15) is 0 Å². The van der Waals surface area contributed by atoms with Gasteiger partial charge in [-0.3, -0.25) is 19.3 Å². The van der Waals surface area contributed by atoms with Gasteiger partial charge >= 0.3 is 5.97 Å². The van der Waals surface area contributed by atoms with Gasteiger partial charge in [0, 0.05) is 5.56 Å². The van der Waals surface area contributed by atoms with Gasteiger partial charge in [-0.1, -0.05) is 12.8 Å². The highest BCUT2D eigenvalue weighted by atomic mass is 16.5. The van der Waals surface area contributed by atoms with E-state index in [1.807, 2.05) is 0 Å². The van der Waals surface area contributed by atoms with Crippen LogP contribution in [0.25, 0.3) is 0 Å². The first-order chi connectivity index (χ1) is 13.9. The zero-order valence-electron chi connectivity index (χ0n) is 16.8. The molecule has 0 bridgehead atoms. The molecule has 0 aromatic heterocycles. The second-order valence-corrected chi connectivity index (χ2v) is 7.32. The fraction of sp³-hybridized carbons (Fsp3) is 0.524. The summed E-state index contributed by atoms with van der Waals surface area (Å²) in [6.07, 6.45) is 3.16. The Morgan fingerprint density at radius 1 is 1.03 bits per heavy atom. The van der Waals surface area contributed by atoms with Crippen LogP contribution >= 0.6 is 0 Å². The lowest BCUT2D eigenvalue weighted by Gasteiger charge is -2.21. The molecular weight excluding hydrogens is 378 g/mol. The van der Waals surface area contributed by atoms with E-state index in [-0.39, 0.29) is 23.7 Å². The predicted molar refractivity (Wildman–Crippen MR) is 102 cm³/mol. The molecule has 0 radical (unpaired) electrons. The fourth-order valence-electron chi connectivity index (χ4n) is 4.03. The van der Waals surface area contributed by atoms with Crippen molar-refractivity contribution in [2.45, 2.75) is 38.6 Å². The molecule has 29 heavy (non-hydrogen) atoms. The number of esters is 1. The molecule has 0 N–H and O–H groups in total. The number of rotatable bonds is 7. The Morgan fingerprint density at radius 3 is 2.17 bits per heavy atom. The molecule has 3 rings (SSSR count). The zero-order chi connectivity index (χ0) is 21.1. The fourth-order valence-corrected chi connectivity index (χ4v) is 4.03. The maximum Gasteiger partial charge on any atom is 0.329 e. The van der Waals surface area contributed by atoms with E-state index in [4.69, 9.17) is 14.2 Å². The molecular formula is C21H25NO7. The minimum Gasteiger partial charge on any atom is -0.493 e. The number of benzene rings is 1. The number of amides is 2. The number of carbonyl (C=O) groups is 4. The molecule has 2 amide bonds. The van der Waals surface area contributed by atoms with Gasteiger partial charge in [0.15, 0.2) is 23.9 Å². The van der Waals surface area contributed by atoms with E-state index in [2.05, 4.69) is 0 Å². The van der Waals surface area contributed by atoms with Crippen molar-refractivity contribution in [2.24, 2.45) is 11.8 Å². The van der Waals surface area contributed by atoms with E-state index in [1.165, 1.54) is 27.2 Å². The average Bonchev–Trinajstić information content (AvgIpc) is 3.01. The molecule has 1 aliphatic heterocycles. The van der Waals surface area contributed by atoms with E-state index in [0.29, 0.717) is 29.9 Å². The third kappa shape index (κ3) is 3.97. The molecule has 1 saturated heterocycles. The van der Waals surface area contributed by atoms with Crippen LogP contribution in [0.2, 0.25) is 0 Å². The first kappa shape index (κ1) is 20.8. The normalized spacial score (nSPS) is 22.1. The molecule has 2 aliphatic rings. The highest BCUT2D eigenvalue weighted by Gasteiger charge is 2.51. The van der Waals surface area contributed by atoms with Crippen LogP contribution in [0, 0.1) is 11.8 Å². The molecule has 1 saturated carbocycles. The van der Waals surface area contributed by atoms with E-state index in [1.54, 1.807) is 12.1 Å². The lowest BCUT2D eigenvalue weighted by molar-refractivity contribution is -0.157. The van der Waals surface area contributed by atoms with Crippen molar-refractivity contribution < 1.29 is 33.4 Å². The molecule has 1 aliphatic carbocycles. The predicted octanol–water partition coefficient (Wildman–Crippen LogP) is 1.99. The van der Waals surface area contributed by atoms with Gasteiger partial charge in [-0.05, 0) is 38.0 Å². The maximum atomic E-state index is 12.6. The van der Waals surface area contributed by atoms with Crippen molar-refractivity contribution in [3.63, 3.8) is 0 Å². The number of Topliss-reactive ketones (excluding diaryl/α,β-unsaturated/α-hetero) is 1. The second kappa shape index (κ2) is 8.63. The highest BCUT2D eigenvalue weighted by Crippen LogP contribution is 2.39. The quantitative estimate of drug-likeness (QED) is 0.390. The zero-order valence-corrected chi connectivity index (χ0v) is 16.8. The van der Waals surface area contributed by atoms with Gasteiger partial charge in [-0.15, -0.1) is 0 Å². The van der Waals surface area contributed by atoms with Crippen LogP contribution in [0.15, 0.2) is 18.2 Å². The Kier molecular flexibility index (Phi) is 6.20. The van der Waals surface area contributed by atoms with Crippen molar-refractivity contribution in [3.05, 3.63) is 23.8 Å². The molecule has 3 atom stereocenters. The molecule has 8 heteroatoms. The smallest absolute Gasteiger partial charge is 0.329 e. The summed E-state index contributed by atoms with van der Waals surface area (Å²) in [6, 6.07) is 3.56. The summed E-state index contributed by atoms with van der Waals surface area (Å²) in [4.78, 5) is 51.0. The molecule has 8 nitrogen and oxygen atoms in total. The lowest BCUT2D eigenvalue weighted by atomic mass is 9.81. The molecule has 2 fully saturated rings. The summed E-state index contributed by atoms with van der Waals surface area (Å²) in [6.45, 7) is 0.956. The molecule has 0 spiro atoms. The largest absolute Gasteiger partial charge is 0.493 e. The highest BCUT2D eigenvalue weighted by molar-refractivity contribution is 6.08. The summed E-state index contributed by atoms with van der Waals surface area (Å²) in [5.41, 5.74) is 0.294. The van der Waals surface area contributed by atoms with Crippen molar-refractivity contribution in [3.8, 4) is 11.5 Å². The van der Waals surface area contributed by atoms with Crippen LogP contribution in [-0.2, 0) is 19.1 Å². The number of hydrogen-bond donors (Lipinski definition) is 0. The average molecular weight is 403 g/mol. The van der Waals surface area contributed by atoms with Crippen molar-refractivity contribution in [2.75, 3.05) is 20.8 Å². The third-order valence-corrected chi connectivity index (χ3v) is 5.65. The molecule has 1 aromatic rings. The Balaban J connectivity index is 1.62. The standard InChI is InChI=1S/C21H25NO7/c1-12(22-19(24)14-6-4-5-7-15(14)20(22)25)21(26)29-11-16(23)13-8-9-17(27-2)18(10-13)28-3/h8-10,12,14-15H,4-7,11H2,1-3H3/t12-,14-,15+/m0/s1. The molecule has 1 aromatic carbocycles. The summed E-state index contributed by atoms with van der Waals surface area (Å²) >= 11 is 0. The van der Waals surface area contributed by atoms with E-state index < -0.39 is 24.4 Å². The van der Waals surface area contributed by atoms with Crippen LogP contribution in [0.5, 0.6) is 11.5 Å². The van der Waals surface area contributed by atoms with Crippen LogP contribution < -0.4 is 9.47 Å². The van der Waals surface area contributed by atoms with Gasteiger partial charge in [-0.25, -0.2) is 4.79 Å². The van der Waals surface area contributed by atoms with Crippen LogP contribution in [0.4, 0.5) is 0 Å². The number of ketones is 1. The molecule has 0 unspecified atom stereocenters. The van der Waals surface area contributed by atoms with Crippen LogP contribution in [0.3, 0.4) is 0 Å². The maximum absolute atomic E-state index is 12.6. The number of carbonyl (C=O) groups excluding carboxylic acids is 4. The number of fused-ring (bicyclic) bond motifs is 1. The third-order valence-electron chi connectivity index (χ3n) is 5.65. The van der Waals surface area contributed by atoms with Crippen molar-refractivity contribution in [1.82, 2.24) is 4.90 Å². The summed E-state index contributed by atoms with van der Waals surface area (Å²) in [7, 11) is 2.94. The summed E-state index contributed by atoms with van der Waals surface area (Å²) in [5, 5.41) is 0. The van der Waals surface area contributed by atoms with Gasteiger partial charge in [0.2, 0.25) is 11.8 Å². The lowest BCUT2D eigenvalue weighted by Crippen LogP contribution is -2.44. The summed E-state index contributed by atoms with van der Waals surface area (Å²) < 4.78 is 15.4. The van der Waals surface area contributed by atoms with Crippen LogP contribution in [-0.4, -0.2) is 55.3 Å². The summed E-state index contributed by atoms with van der Waals surface area (Å²) in [5.74, 6) is -1.64. The Labute approximate surface area is 169 Å². The van der Waals surface area contributed by atoms with Crippen molar-refractivity contribution in [1.29, 1.82) is 0 Å².